The Balaban J connectivity index is 1.63. The van der Waals surface area contributed by atoms with Crippen molar-refractivity contribution in [3.63, 3.8) is 0 Å². The summed E-state index contributed by atoms with van der Waals surface area (Å²) in [6, 6.07) is 7.59. The fourth-order valence-electron chi connectivity index (χ4n) is 1.98. The smallest absolute Gasteiger partial charge is 0.165 e. The van der Waals surface area contributed by atoms with Crippen molar-refractivity contribution in [2.75, 3.05) is 33.4 Å². The number of ether oxygens (including phenoxy) is 1. The second kappa shape index (κ2) is 7.91. The fraction of sp³-hybridized carbons (Fsp3) is 0.562. The van der Waals surface area contributed by atoms with Crippen molar-refractivity contribution in [3.8, 4) is 0 Å². The molecule has 0 aliphatic heterocycles. The van der Waals surface area contributed by atoms with Crippen LogP contribution in [0.15, 0.2) is 28.7 Å². The number of nitrogens with zero attached hydrogens (tertiary/aromatic N) is 1. The van der Waals surface area contributed by atoms with Gasteiger partial charge in [0.2, 0.25) is 0 Å². The topological polar surface area (TPSA) is 29.5 Å². The van der Waals surface area contributed by atoms with Crippen LogP contribution in [0.1, 0.15) is 29.6 Å². The summed E-state index contributed by atoms with van der Waals surface area (Å²) in [6.45, 7) is 3.32. The Morgan fingerprint density at radius 1 is 1.35 bits per heavy atom. The third-order valence-electron chi connectivity index (χ3n) is 3.56. The molecule has 0 radical (unpaired) electrons. The molecule has 20 heavy (non-hydrogen) atoms. The largest absolute Gasteiger partial charge is 0.380 e. The molecule has 110 valence electrons. The van der Waals surface area contributed by atoms with Gasteiger partial charge in [0.05, 0.1) is 6.61 Å². The summed E-state index contributed by atoms with van der Waals surface area (Å²) >= 11 is 3.42. The molecule has 0 amide bonds. The van der Waals surface area contributed by atoms with E-state index in [1.54, 1.807) is 0 Å². The number of Topliss-reactive ketones (excluding diaryl/α,β-unsaturated/α-hetero) is 1. The lowest BCUT2D eigenvalue weighted by Gasteiger charge is -2.16. The number of likely N-dealkylation sites (N-methyl/N-ethyl adjacent to an activating group) is 1. The van der Waals surface area contributed by atoms with E-state index in [4.69, 9.17) is 4.74 Å². The van der Waals surface area contributed by atoms with Gasteiger partial charge >= 0.3 is 0 Å². The van der Waals surface area contributed by atoms with Crippen LogP contribution in [0.5, 0.6) is 0 Å². The zero-order valence-corrected chi connectivity index (χ0v) is 13.6. The van der Waals surface area contributed by atoms with Crippen LogP contribution in [-0.2, 0) is 4.74 Å². The molecule has 1 aromatic rings. The molecule has 0 N–H and O–H groups in total. The van der Waals surface area contributed by atoms with E-state index in [1.165, 1.54) is 12.8 Å². The molecule has 0 saturated heterocycles. The van der Waals surface area contributed by atoms with E-state index >= 15 is 0 Å². The summed E-state index contributed by atoms with van der Waals surface area (Å²) in [7, 11) is 2.04. The van der Waals surface area contributed by atoms with Crippen molar-refractivity contribution < 1.29 is 9.53 Å². The van der Waals surface area contributed by atoms with Crippen LogP contribution >= 0.6 is 15.9 Å². The van der Waals surface area contributed by atoms with Gasteiger partial charge in [-0.05, 0) is 31.9 Å². The highest BCUT2D eigenvalue weighted by atomic mass is 79.9. The maximum absolute atomic E-state index is 12.1. The number of halogens is 1. The van der Waals surface area contributed by atoms with Crippen LogP contribution in [0.4, 0.5) is 0 Å². The summed E-state index contributed by atoms with van der Waals surface area (Å²) in [5.74, 6) is 1.00. The van der Waals surface area contributed by atoms with Gasteiger partial charge in [0.1, 0.15) is 0 Å². The number of hydrogen-bond acceptors (Lipinski definition) is 3. The molecule has 4 heteroatoms. The van der Waals surface area contributed by atoms with Gasteiger partial charge < -0.3 is 9.64 Å². The molecule has 0 spiro atoms. The van der Waals surface area contributed by atoms with Crippen molar-refractivity contribution in [1.29, 1.82) is 0 Å². The van der Waals surface area contributed by atoms with Gasteiger partial charge in [-0.1, -0.05) is 34.1 Å². The first-order valence-corrected chi connectivity index (χ1v) is 8.00. The van der Waals surface area contributed by atoms with Crippen LogP contribution in [0.3, 0.4) is 0 Å². The van der Waals surface area contributed by atoms with E-state index in [-0.39, 0.29) is 5.78 Å². The van der Waals surface area contributed by atoms with Gasteiger partial charge in [-0.25, -0.2) is 0 Å². The average molecular weight is 340 g/mol. The van der Waals surface area contributed by atoms with E-state index in [0.29, 0.717) is 6.42 Å². The highest BCUT2D eigenvalue weighted by Gasteiger charge is 2.21. The third-order valence-corrected chi connectivity index (χ3v) is 4.25. The molecule has 3 nitrogen and oxygen atoms in total. The molecule has 1 aliphatic carbocycles. The molecule has 1 aromatic carbocycles. The number of carbonyl (C=O) groups is 1. The molecular formula is C16H22BrNO2. The summed E-state index contributed by atoms with van der Waals surface area (Å²) in [5.41, 5.74) is 0.769. The first-order chi connectivity index (χ1) is 9.66. The summed E-state index contributed by atoms with van der Waals surface area (Å²) in [5, 5.41) is 0. The Morgan fingerprint density at radius 3 is 2.80 bits per heavy atom. The minimum atomic E-state index is 0.184. The van der Waals surface area contributed by atoms with Crippen LogP contribution < -0.4 is 0 Å². The summed E-state index contributed by atoms with van der Waals surface area (Å²) < 4.78 is 6.48. The van der Waals surface area contributed by atoms with Gasteiger partial charge in [0.25, 0.3) is 0 Å². The quantitative estimate of drug-likeness (QED) is 0.510. The van der Waals surface area contributed by atoms with E-state index in [2.05, 4.69) is 20.8 Å². The predicted octanol–water partition coefficient (Wildman–Crippen LogP) is 3.38. The molecular weight excluding hydrogens is 318 g/mol. The zero-order valence-electron chi connectivity index (χ0n) is 12.0. The first-order valence-electron chi connectivity index (χ1n) is 7.21. The van der Waals surface area contributed by atoms with Crippen LogP contribution in [0.2, 0.25) is 0 Å². The van der Waals surface area contributed by atoms with E-state index in [0.717, 1.165) is 42.3 Å². The molecule has 0 heterocycles. The van der Waals surface area contributed by atoms with Crippen molar-refractivity contribution >= 4 is 21.7 Å². The third kappa shape index (κ3) is 5.35. The number of ketones is 1. The van der Waals surface area contributed by atoms with Crippen molar-refractivity contribution in [2.45, 2.75) is 19.3 Å². The molecule has 0 aromatic heterocycles. The Morgan fingerprint density at radius 2 is 2.10 bits per heavy atom. The molecule has 0 atom stereocenters. The van der Waals surface area contributed by atoms with E-state index < -0.39 is 0 Å². The number of hydrogen-bond donors (Lipinski definition) is 0. The molecule has 2 rings (SSSR count). The lowest BCUT2D eigenvalue weighted by atomic mass is 10.1. The Bertz CT molecular complexity index is 446. The molecule has 0 unspecified atom stereocenters. The Labute approximate surface area is 129 Å². The number of rotatable bonds is 9. The van der Waals surface area contributed by atoms with Crippen molar-refractivity contribution in [2.24, 2.45) is 5.92 Å². The number of carbonyl (C=O) groups excluding carboxylic acids is 1. The molecule has 1 aliphatic rings. The fourth-order valence-corrected chi connectivity index (χ4v) is 2.49. The minimum Gasteiger partial charge on any atom is -0.380 e. The molecule has 0 bridgehead atoms. The second-order valence-electron chi connectivity index (χ2n) is 5.47. The van der Waals surface area contributed by atoms with Crippen LogP contribution in [0.25, 0.3) is 0 Å². The van der Waals surface area contributed by atoms with E-state index in [9.17, 15) is 4.79 Å². The Kier molecular flexibility index (Phi) is 6.20. The highest BCUT2D eigenvalue weighted by Crippen LogP contribution is 2.28. The highest BCUT2D eigenvalue weighted by molar-refractivity contribution is 9.10. The number of benzene rings is 1. The van der Waals surface area contributed by atoms with Crippen molar-refractivity contribution in [3.05, 3.63) is 34.3 Å². The first kappa shape index (κ1) is 15.7. The summed E-state index contributed by atoms with van der Waals surface area (Å²) in [4.78, 5) is 14.3. The maximum atomic E-state index is 12.1. The lowest BCUT2D eigenvalue weighted by Crippen LogP contribution is -2.26. The maximum Gasteiger partial charge on any atom is 0.165 e. The van der Waals surface area contributed by atoms with Crippen molar-refractivity contribution in [1.82, 2.24) is 4.90 Å². The monoisotopic (exact) mass is 339 g/mol. The molecule has 1 saturated carbocycles. The predicted molar refractivity (Wildman–Crippen MR) is 84.1 cm³/mol. The van der Waals surface area contributed by atoms with Gasteiger partial charge in [-0.15, -0.1) is 0 Å². The summed E-state index contributed by atoms with van der Waals surface area (Å²) in [6.07, 6.45) is 3.20. The minimum absolute atomic E-state index is 0.184. The molecule has 1 fully saturated rings. The second-order valence-corrected chi connectivity index (χ2v) is 6.33. The Hall–Kier alpha value is -0.710. The van der Waals surface area contributed by atoms with Gasteiger partial charge in [-0.3, -0.25) is 4.79 Å². The zero-order chi connectivity index (χ0) is 14.4. The van der Waals surface area contributed by atoms with Gasteiger partial charge in [0.15, 0.2) is 5.78 Å². The van der Waals surface area contributed by atoms with Crippen LogP contribution in [0, 0.1) is 5.92 Å². The normalized spacial score (nSPS) is 14.8. The average Bonchev–Trinajstić information content (AvgIpc) is 3.25. The van der Waals surface area contributed by atoms with E-state index in [1.807, 2.05) is 31.3 Å². The standard InChI is InChI=1S/C16H22BrNO2/c1-18(10-11-20-12-13-6-7-13)9-8-16(19)14-4-2-3-5-15(14)17/h2-5,13H,6-12H2,1H3. The van der Waals surface area contributed by atoms with Gasteiger partial charge in [-0.2, -0.15) is 0 Å². The SMILES string of the molecule is CN(CCOCC1CC1)CCC(=O)c1ccccc1Br. The lowest BCUT2D eigenvalue weighted by molar-refractivity contribution is 0.0917. The van der Waals surface area contributed by atoms with Crippen LogP contribution in [-0.4, -0.2) is 44.0 Å². The van der Waals surface area contributed by atoms with Gasteiger partial charge in [0, 0.05) is 36.2 Å².